The number of anilines is 1. The Morgan fingerprint density at radius 1 is 1.06 bits per heavy atom. The van der Waals surface area contributed by atoms with E-state index in [0.29, 0.717) is 16.5 Å². The Bertz CT molecular complexity index is 1400. The van der Waals surface area contributed by atoms with Gasteiger partial charge in [-0.25, -0.2) is 4.98 Å². The summed E-state index contributed by atoms with van der Waals surface area (Å²) in [6, 6.07) is 13.5. The van der Waals surface area contributed by atoms with Gasteiger partial charge in [-0.2, -0.15) is 0 Å². The van der Waals surface area contributed by atoms with Crippen molar-refractivity contribution in [2.45, 2.75) is 13.0 Å². The van der Waals surface area contributed by atoms with Crippen LogP contribution in [0.25, 0.3) is 22.1 Å². The summed E-state index contributed by atoms with van der Waals surface area (Å²) in [6.07, 6.45) is 1.29. The Balaban J connectivity index is 1.52. The third-order valence-electron chi connectivity index (χ3n) is 4.77. The van der Waals surface area contributed by atoms with Crippen LogP contribution in [-0.4, -0.2) is 33.8 Å². The SMILES string of the molecule is NC(=O)CCNC(=O)c1ccccc1NC(=O)Cn1cnc2c(oc3ccccc32)c1=O. The van der Waals surface area contributed by atoms with Crippen LogP contribution < -0.4 is 21.9 Å². The van der Waals surface area contributed by atoms with Gasteiger partial charge in [-0.05, 0) is 24.3 Å². The lowest BCUT2D eigenvalue weighted by Gasteiger charge is -2.11. The largest absolute Gasteiger partial charge is 0.448 e. The van der Waals surface area contributed by atoms with Crippen molar-refractivity contribution < 1.29 is 18.8 Å². The predicted molar refractivity (Wildman–Crippen MR) is 117 cm³/mol. The summed E-state index contributed by atoms with van der Waals surface area (Å²) in [5, 5.41) is 5.91. The van der Waals surface area contributed by atoms with Gasteiger partial charge in [0.2, 0.25) is 17.4 Å². The number of carbonyl (C=O) groups is 3. The van der Waals surface area contributed by atoms with Crippen molar-refractivity contribution in [2.75, 3.05) is 11.9 Å². The number of carbonyl (C=O) groups excluding carboxylic acids is 3. The first kappa shape index (κ1) is 20.8. The molecule has 10 heteroatoms. The average molecular weight is 433 g/mol. The third-order valence-corrected chi connectivity index (χ3v) is 4.77. The van der Waals surface area contributed by atoms with E-state index in [1.54, 1.807) is 36.4 Å². The minimum absolute atomic E-state index is 0.000447. The van der Waals surface area contributed by atoms with Crippen LogP contribution in [0.3, 0.4) is 0 Å². The fourth-order valence-electron chi connectivity index (χ4n) is 3.26. The number of fused-ring (bicyclic) bond motifs is 3. The minimum atomic E-state index is -0.535. The molecule has 0 radical (unpaired) electrons. The Hall–Kier alpha value is -4.47. The van der Waals surface area contributed by atoms with Crippen molar-refractivity contribution >= 4 is 45.5 Å². The summed E-state index contributed by atoms with van der Waals surface area (Å²) in [4.78, 5) is 52.9. The molecule has 2 aromatic heterocycles. The normalized spacial score (nSPS) is 10.9. The van der Waals surface area contributed by atoms with Gasteiger partial charge in [-0.15, -0.1) is 0 Å². The molecule has 0 aliphatic carbocycles. The fraction of sp³-hybridized carbons (Fsp3) is 0.136. The quantitative estimate of drug-likeness (QED) is 0.401. The average Bonchev–Trinajstić information content (AvgIpc) is 3.15. The van der Waals surface area contributed by atoms with Crippen LogP contribution in [0.4, 0.5) is 5.69 Å². The number of aromatic nitrogens is 2. The molecular weight excluding hydrogens is 414 g/mol. The zero-order valence-electron chi connectivity index (χ0n) is 16.8. The van der Waals surface area contributed by atoms with Crippen molar-refractivity contribution in [2.24, 2.45) is 5.73 Å². The van der Waals surface area contributed by atoms with Crippen molar-refractivity contribution in [1.29, 1.82) is 0 Å². The van der Waals surface area contributed by atoms with E-state index in [-0.39, 0.29) is 36.3 Å². The molecule has 32 heavy (non-hydrogen) atoms. The summed E-state index contributed by atoms with van der Waals surface area (Å²) >= 11 is 0. The number of nitrogens with one attached hydrogen (secondary N) is 2. The van der Waals surface area contributed by atoms with Crippen molar-refractivity contribution in [3.05, 3.63) is 70.8 Å². The lowest BCUT2D eigenvalue weighted by molar-refractivity contribution is -0.118. The van der Waals surface area contributed by atoms with Gasteiger partial charge in [0.1, 0.15) is 17.6 Å². The van der Waals surface area contributed by atoms with E-state index in [1.165, 1.54) is 12.4 Å². The van der Waals surface area contributed by atoms with Crippen LogP contribution >= 0.6 is 0 Å². The van der Waals surface area contributed by atoms with Crippen molar-refractivity contribution in [1.82, 2.24) is 14.9 Å². The Labute approximate surface area is 181 Å². The molecule has 4 rings (SSSR count). The molecule has 0 aliphatic rings. The van der Waals surface area contributed by atoms with Crippen LogP contribution in [0.15, 0.2) is 64.1 Å². The molecule has 2 heterocycles. The highest BCUT2D eigenvalue weighted by atomic mass is 16.3. The lowest BCUT2D eigenvalue weighted by atomic mass is 10.1. The molecule has 4 N–H and O–H groups in total. The maximum atomic E-state index is 12.8. The molecule has 2 aromatic carbocycles. The van der Waals surface area contributed by atoms with E-state index in [1.807, 2.05) is 6.07 Å². The van der Waals surface area contributed by atoms with E-state index in [9.17, 15) is 19.2 Å². The molecule has 10 nitrogen and oxygen atoms in total. The van der Waals surface area contributed by atoms with E-state index in [0.717, 1.165) is 4.57 Å². The molecule has 4 aromatic rings. The highest BCUT2D eigenvalue weighted by molar-refractivity contribution is 6.04. The second kappa shape index (κ2) is 8.72. The van der Waals surface area contributed by atoms with E-state index >= 15 is 0 Å². The number of para-hydroxylation sites is 2. The summed E-state index contributed by atoms with van der Waals surface area (Å²) in [5.74, 6) is -1.53. The van der Waals surface area contributed by atoms with Gasteiger partial charge in [-0.3, -0.25) is 23.7 Å². The number of nitrogens with two attached hydrogens (primary N) is 1. The van der Waals surface area contributed by atoms with E-state index < -0.39 is 23.3 Å². The smallest absolute Gasteiger partial charge is 0.297 e. The molecule has 0 unspecified atom stereocenters. The maximum absolute atomic E-state index is 12.8. The monoisotopic (exact) mass is 433 g/mol. The first-order valence-corrected chi connectivity index (χ1v) is 9.76. The topological polar surface area (TPSA) is 149 Å². The Kier molecular flexibility index (Phi) is 5.67. The molecule has 3 amide bonds. The number of furan rings is 1. The summed E-state index contributed by atoms with van der Waals surface area (Å²) in [5.41, 5.74) is 6.09. The first-order valence-electron chi connectivity index (χ1n) is 9.76. The maximum Gasteiger partial charge on any atom is 0.297 e. The van der Waals surface area contributed by atoms with E-state index in [2.05, 4.69) is 15.6 Å². The number of amides is 3. The minimum Gasteiger partial charge on any atom is -0.448 e. The fourth-order valence-corrected chi connectivity index (χ4v) is 3.26. The number of hydrogen-bond acceptors (Lipinski definition) is 6. The second-order valence-electron chi connectivity index (χ2n) is 7.02. The van der Waals surface area contributed by atoms with Crippen molar-refractivity contribution in [3.63, 3.8) is 0 Å². The number of hydrogen-bond donors (Lipinski definition) is 3. The van der Waals surface area contributed by atoms with Gasteiger partial charge in [-0.1, -0.05) is 24.3 Å². The lowest BCUT2D eigenvalue weighted by Crippen LogP contribution is -2.30. The number of rotatable bonds is 7. The van der Waals surface area contributed by atoms with Crippen LogP contribution in [0.2, 0.25) is 0 Å². The highest BCUT2D eigenvalue weighted by Gasteiger charge is 2.16. The van der Waals surface area contributed by atoms with Gasteiger partial charge >= 0.3 is 0 Å². The van der Waals surface area contributed by atoms with Gasteiger partial charge in [0.15, 0.2) is 0 Å². The zero-order chi connectivity index (χ0) is 22.7. The molecular formula is C22H19N5O5. The molecule has 0 spiro atoms. The molecule has 0 fully saturated rings. The Morgan fingerprint density at radius 2 is 1.81 bits per heavy atom. The summed E-state index contributed by atoms with van der Waals surface area (Å²) in [6.45, 7) is -0.245. The Morgan fingerprint density at radius 3 is 2.62 bits per heavy atom. The third kappa shape index (κ3) is 4.19. The first-order chi connectivity index (χ1) is 15.4. The highest BCUT2D eigenvalue weighted by Crippen LogP contribution is 2.24. The molecule has 0 bridgehead atoms. The molecule has 0 atom stereocenters. The van der Waals surface area contributed by atoms with E-state index in [4.69, 9.17) is 10.2 Å². The molecule has 162 valence electrons. The number of nitrogens with zero attached hydrogens (tertiary/aromatic N) is 2. The second-order valence-corrected chi connectivity index (χ2v) is 7.02. The van der Waals surface area contributed by atoms with Crippen LogP contribution in [0, 0.1) is 0 Å². The van der Waals surface area contributed by atoms with Gasteiger partial charge < -0.3 is 20.8 Å². The molecule has 0 saturated heterocycles. The van der Waals surface area contributed by atoms with Crippen LogP contribution in [0.1, 0.15) is 16.8 Å². The number of primary amides is 1. The zero-order valence-corrected chi connectivity index (χ0v) is 16.8. The van der Waals surface area contributed by atoms with Crippen LogP contribution in [0.5, 0.6) is 0 Å². The van der Waals surface area contributed by atoms with Crippen LogP contribution in [-0.2, 0) is 16.1 Å². The van der Waals surface area contributed by atoms with Gasteiger partial charge in [0.05, 0.1) is 17.6 Å². The van der Waals surface area contributed by atoms with Gasteiger partial charge in [0, 0.05) is 18.4 Å². The molecule has 0 saturated carbocycles. The summed E-state index contributed by atoms with van der Waals surface area (Å²) in [7, 11) is 0. The standard InChI is InChI=1S/C22H19N5O5/c23-17(28)9-10-24-21(30)13-5-1-3-7-15(13)26-18(29)11-27-12-25-19-14-6-2-4-8-16(14)32-20(19)22(27)31/h1-8,12H,9-11H2,(H2,23,28)(H,24,30)(H,26,29). The number of benzene rings is 2. The predicted octanol–water partition coefficient (Wildman–Crippen LogP) is 1.39. The summed E-state index contributed by atoms with van der Waals surface area (Å²) < 4.78 is 6.75. The molecule has 0 aliphatic heterocycles. The van der Waals surface area contributed by atoms with Crippen molar-refractivity contribution in [3.8, 4) is 0 Å². The van der Waals surface area contributed by atoms with Gasteiger partial charge in [0.25, 0.3) is 11.5 Å².